The summed E-state index contributed by atoms with van der Waals surface area (Å²) in [5.41, 5.74) is 3.22. The van der Waals surface area contributed by atoms with Gasteiger partial charge in [-0.15, -0.1) is 24.8 Å². The number of nitrogens with zero attached hydrogens (tertiary/aromatic N) is 2. The summed E-state index contributed by atoms with van der Waals surface area (Å²) >= 11 is 0. The first-order valence-electron chi connectivity index (χ1n) is 8.63. The zero-order valence-corrected chi connectivity index (χ0v) is 16.4. The Morgan fingerprint density at radius 2 is 1.93 bits per heavy atom. The monoisotopic (exact) mass is 404 g/mol. The van der Waals surface area contributed by atoms with Gasteiger partial charge in [-0.3, -0.25) is 9.78 Å². The molecule has 0 saturated carbocycles. The van der Waals surface area contributed by atoms with Gasteiger partial charge in [-0.1, -0.05) is 18.2 Å². The van der Waals surface area contributed by atoms with Crippen molar-refractivity contribution < 1.29 is 4.79 Å². The highest BCUT2D eigenvalue weighted by Gasteiger charge is 2.17. The van der Waals surface area contributed by atoms with Gasteiger partial charge in [0.25, 0.3) is 5.91 Å². The summed E-state index contributed by atoms with van der Waals surface area (Å²) in [6, 6.07) is 13.8. The van der Waals surface area contributed by atoms with Crippen LogP contribution < -0.4 is 10.6 Å². The SMILES string of the molecule is Cl.Cl.O=C(NCC1CCCN1)c1cc(-c2ccncc2)nc2ccccc12. The minimum absolute atomic E-state index is 0. The second kappa shape index (κ2) is 9.65. The molecule has 27 heavy (non-hydrogen) atoms. The van der Waals surface area contributed by atoms with Gasteiger partial charge in [-0.2, -0.15) is 0 Å². The fourth-order valence-corrected chi connectivity index (χ4v) is 3.28. The van der Waals surface area contributed by atoms with Crippen molar-refractivity contribution in [3.8, 4) is 11.3 Å². The number of hydrogen-bond donors (Lipinski definition) is 2. The van der Waals surface area contributed by atoms with Crippen molar-refractivity contribution in [2.45, 2.75) is 18.9 Å². The number of pyridine rings is 2. The Morgan fingerprint density at radius 1 is 1.15 bits per heavy atom. The molecule has 142 valence electrons. The van der Waals surface area contributed by atoms with Crippen LogP contribution in [-0.2, 0) is 0 Å². The lowest BCUT2D eigenvalue weighted by molar-refractivity contribution is 0.0952. The number of halogens is 2. The molecule has 1 aromatic carbocycles. The first kappa shape index (κ1) is 21.1. The molecule has 1 fully saturated rings. The van der Waals surface area contributed by atoms with E-state index in [1.54, 1.807) is 12.4 Å². The van der Waals surface area contributed by atoms with Gasteiger partial charge in [0.2, 0.25) is 0 Å². The maximum absolute atomic E-state index is 12.8. The molecule has 1 amide bonds. The van der Waals surface area contributed by atoms with Gasteiger partial charge in [0, 0.05) is 35.9 Å². The molecule has 1 aliphatic heterocycles. The van der Waals surface area contributed by atoms with Crippen LogP contribution in [0, 0.1) is 0 Å². The van der Waals surface area contributed by atoms with Crippen LogP contribution in [0.3, 0.4) is 0 Å². The van der Waals surface area contributed by atoms with Crippen molar-refractivity contribution in [3.63, 3.8) is 0 Å². The number of carbonyl (C=O) groups excluding carboxylic acids is 1. The Morgan fingerprint density at radius 3 is 2.67 bits per heavy atom. The van der Waals surface area contributed by atoms with E-state index in [0.29, 0.717) is 18.2 Å². The molecule has 0 spiro atoms. The van der Waals surface area contributed by atoms with Crippen LogP contribution in [0.25, 0.3) is 22.2 Å². The third kappa shape index (κ3) is 4.75. The molecular formula is C20H22Cl2N4O. The van der Waals surface area contributed by atoms with Crippen molar-refractivity contribution in [2.24, 2.45) is 0 Å². The Balaban J connectivity index is 0.00000131. The van der Waals surface area contributed by atoms with Crippen molar-refractivity contribution in [1.82, 2.24) is 20.6 Å². The second-order valence-electron chi connectivity index (χ2n) is 6.31. The molecule has 0 aliphatic carbocycles. The normalized spacial score (nSPS) is 15.6. The minimum atomic E-state index is -0.0531. The molecule has 3 heterocycles. The lowest BCUT2D eigenvalue weighted by atomic mass is 10.0. The van der Waals surface area contributed by atoms with Crippen LogP contribution in [0.4, 0.5) is 0 Å². The third-order valence-corrected chi connectivity index (χ3v) is 4.61. The molecule has 1 unspecified atom stereocenters. The van der Waals surface area contributed by atoms with E-state index in [-0.39, 0.29) is 30.7 Å². The average Bonchev–Trinajstić information content (AvgIpc) is 3.19. The van der Waals surface area contributed by atoms with Gasteiger partial charge in [-0.05, 0) is 43.7 Å². The molecule has 5 nitrogen and oxygen atoms in total. The summed E-state index contributed by atoms with van der Waals surface area (Å²) in [5, 5.41) is 7.35. The summed E-state index contributed by atoms with van der Waals surface area (Å²) in [5.74, 6) is -0.0531. The molecule has 1 atom stereocenters. The summed E-state index contributed by atoms with van der Waals surface area (Å²) in [4.78, 5) is 21.6. The molecule has 2 N–H and O–H groups in total. The van der Waals surface area contributed by atoms with Crippen LogP contribution in [0.15, 0.2) is 54.9 Å². The van der Waals surface area contributed by atoms with Crippen molar-refractivity contribution in [1.29, 1.82) is 0 Å². The predicted molar refractivity (Wildman–Crippen MR) is 113 cm³/mol. The molecule has 1 aliphatic rings. The number of carbonyl (C=O) groups is 1. The largest absolute Gasteiger partial charge is 0.350 e. The summed E-state index contributed by atoms with van der Waals surface area (Å²) in [7, 11) is 0. The highest BCUT2D eigenvalue weighted by Crippen LogP contribution is 2.24. The molecule has 4 rings (SSSR count). The third-order valence-electron chi connectivity index (χ3n) is 4.61. The zero-order chi connectivity index (χ0) is 17.1. The van der Waals surface area contributed by atoms with Crippen LogP contribution >= 0.6 is 24.8 Å². The lowest BCUT2D eigenvalue weighted by Gasteiger charge is -2.13. The number of aromatic nitrogens is 2. The number of rotatable bonds is 4. The molecular weight excluding hydrogens is 383 g/mol. The first-order valence-corrected chi connectivity index (χ1v) is 8.63. The lowest BCUT2D eigenvalue weighted by Crippen LogP contribution is -2.37. The number of benzene rings is 1. The van der Waals surface area contributed by atoms with E-state index in [0.717, 1.165) is 35.1 Å². The topological polar surface area (TPSA) is 66.9 Å². The Bertz CT molecular complexity index is 899. The number of hydrogen-bond acceptors (Lipinski definition) is 4. The smallest absolute Gasteiger partial charge is 0.252 e. The van der Waals surface area contributed by atoms with Crippen LogP contribution in [0.1, 0.15) is 23.2 Å². The highest BCUT2D eigenvalue weighted by atomic mass is 35.5. The number of para-hydroxylation sites is 1. The molecule has 7 heteroatoms. The molecule has 0 bridgehead atoms. The van der Waals surface area contributed by atoms with E-state index in [1.807, 2.05) is 42.5 Å². The zero-order valence-electron chi connectivity index (χ0n) is 14.7. The second-order valence-corrected chi connectivity index (χ2v) is 6.31. The van der Waals surface area contributed by atoms with Gasteiger partial charge in [-0.25, -0.2) is 4.98 Å². The number of fused-ring (bicyclic) bond motifs is 1. The van der Waals surface area contributed by atoms with E-state index >= 15 is 0 Å². The summed E-state index contributed by atoms with van der Waals surface area (Å²) < 4.78 is 0. The molecule has 2 aromatic heterocycles. The van der Waals surface area contributed by atoms with E-state index in [4.69, 9.17) is 4.98 Å². The Labute approximate surface area is 170 Å². The maximum Gasteiger partial charge on any atom is 0.252 e. The molecule has 3 aromatic rings. The predicted octanol–water partition coefficient (Wildman–Crippen LogP) is 3.62. The Hall–Kier alpha value is -2.21. The van der Waals surface area contributed by atoms with Crippen LogP contribution in [0.2, 0.25) is 0 Å². The van der Waals surface area contributed by atoms with Gasteiger partial charge in [0.05, 0.1) is 16.8 Å². The van der Waals surface area contributed by atoms with Crippen molar-refractivity contribution >= 4 is 41.6 Å². The fraction of sp³-hybridized carbons (Fsp3) is 0.250. The van der Waals surface area contributed by atoms with Crippen LogP contribution in [0.5, 0.6) is 0 Å². The van der Waals surface area contributed by atoms with Gasteiger partial charge in [0.15, 0.2) is 0 Å². The number of nitrogens with one attached hydrogen (secondary N) is 2. The van der Waals surface area contributed by atoms with Gasteiger partial charge < -0.3 is 10.6 Å². The van der Waals surface area contributed by atoms with E-state index in [2.05, 4.69) is 15.6 Å². The number of amides is 1. The summed E-state index contributed by atoms with van der Waals surface area (Å²) in [6.45, 7) is 1.69. The molecule has 1 saturated heterocycles. The Kier molecular flexibility index (Phi) is 7.54. The maximum atomic E-state index is 12.8. The van der Waals surface area contributed by atoms with E-state index in [9.17, 15) is 4.79 Å². The first-order chi connectivity index (χ1) is 12.3. The van der Waals surface area contributed by atoms with E-state index < -0.39 is 0 Å². The highest BCUT2D eigenvalue weighted by molar-refractivity contribution is 6.07. The fourth-order valence-electron chi connectivity index (χ4n) is 3.28. The van der Waals surface area contributed by atoms with Crippen LogP contribution in [-0.4, -0.2) is 35.0 Å². The quantitative estimate of drug-likeness (QED) is 0.696. The van der Waals surface area contributed by atoms with Gasteiger partial charge >= 0.3 is 0 Å². The average molecular weight is 405 g/mol. The standard InChI is InChI=1S/C20H20N4O.2ClH/c25-20(23-13-15-4-3-9-22-15)17-12-19(14-7-10-21-11-8-14)24-18-6-2-1-5-16(17)18;;/h1-2,5-8,10-12,15,22H,3-4,9,13H2,(H,23,25);2*1H. The van der Waals surface area contributed by atoms with Crippen molar-refractivity contribution in [2.75, 3.05) is 13.1 Å². The minimum Gasteiger partial charge on any atom is -0.350 e. The molecule has 0 radical (unpaired) electrons. The van der Waals surface area contributed by atoms with Gasteiger partial charge in [0.1, 0.15) is 0 Å². The van der Waals surface area contributed by atoms with E-state index in [1.165, 1.54) is 6.42 Å². The van der Waals surface area contributed by atoms with Crippen molar-refractivity contribution in [3.05, 3.63) is 60.4 Å². The summed E-state index contributed by atoms with van der Waals surface area (Å²) in [6.07, 6.45) is 5.75.